The van der Waals surface area contributed by atoms with Crippen LogP contribution in [0.25, 0.3) is 0 Å². The van der Waals surface area contributed by atoms with Crippen molar-refractivity contribution in [1.82, 2.24) is 4.90 Å². The van der Waals surface area contributed by atoms with Crippen LogP contribution in [0.5, 0.6) is 0 Å². The molecule has 1 amide bonds. The zero-order valence-electron chi connectivity index (χ0n) is 11.2. The topological polar surface area (TPSA) is 66.8 Å². The van der Waals surface area contributed by atoms with Gasteiger partial charge in [-0.2, -0.15) is 0 Å². The minimum absolute atomic E-state index is 0.0313. The molecule has 0 aromatic rings. The number of carboxylic acid groups (broad SMARTS) is 1. The monoisotopic (exact) mass is 257 g/mol. The molecule has 0 aromatic heterocycles. The highest BCUT2D eigenvalue weighted by atomic mass is 16.5. The van der Waals surface area contributed by atoms with E-state index in [4.69, 9.17) is 9.84 Å². The lowest BCUT2D eigenvalue weighted by Crippen LogP contribution is -2.36. The van der Waals surface area contributed by atoms with Gasteiger partial charge in [0.05, 0.1) is 12.5 Å². The smallest absolute Gasteiger partial charge is 0.407 e. The maximum absolute atomic E-state index is 11.7. The van der Waals surface area contributed by atoms with E-state index in [2.05, 4.69) is 0 Å². The first kappa shape index (κ1) is 14.8. The predicted octanol–water partition coefficient (Wildman–Crippen LogP) is 2.50. The summed E-state index contributed by atoms with van der Waals surface area (Å²) in [7, 11) is 0. The van der Waals surface area contributed by atoms with E-state index in [0.29, 0.717) is 19.6 Å². The van der Waals surface area contributed by atoms with Gasteiger partial charge in [0.2, 0.25) is 0 Å². The fourth-order valence-electron chi connectivity index (χ4n) is 2.30. The van der Waals surface area contributed by atoms with Crippen molar-refractivity contribution in [2.45, 2.75) is 52.0 Å². The van der Waals surface area contributed by atoms with Gasteiger partial charge in [0.25, 0.3) is 0 Å². The number of nitrogens with zero attached hydrogens (tertiary/aromatic N) is 1. The number of carbonyl (C=O) groups excluding carboxylic acids is 1. The van der Waals surface area contributed by atoms with Gasteiger partial charge in [0, 0.05) is 12.6 Å². The van der Waals surface area contributed by atoms with E-state index in [9.17, 15) is 9.59 Å². The third kappa shape index (κ3) is 4.20. The number of likely N-dealkylation sites (tertiary alicyclic amines) is 1. The number of unbranched alkanes of at least 4 members (excludes halogenated alkanes) is 1. The Hall–Kier alpha value is -1.26. The van der Waals surface area contributed by atoms with E-state index in [1.807, 2.05) is 13.8 Å². The average molecular weight is 257 g/mol. The maximum atomic E-state index is 11.7. The van der Waals surface area contributed by atoms with Gasteiger partial charge in [0.1, 0.15) is 0 Å². The number of hydrogen-bond acceptors (Lipinski definition) is 3. The molecule has 0 spiro atoms. The van der Waals surface area contributed by atoms with Crippen LogP contribution in [0.1, 0.15) is 46.0 Å². The fourth-order valence-corrected chi connectivity index (χ4v) is 2.30. The summed E-state index contributed by atoms with van der Waals surface area (Å²) < 4.78 is 5.15. The van der Waals surface area contributed by atoms with E-state index in [1.54, 1.807) is 0 Å². The first-order valence-electron chi connectivity index (χ1n) is 6.72. The molecule has 1 rings (SSSR count). The second kappa shape index (κ2) is 7.24. The van der Waals surface area contributed by atoms with Crippen LogP contribution < -0.4 is 0 Å². The summed E-state index contributed by atoms with van der Waals surface area (Å²) in [6.07, 6.45) is 3.29. The van der Waals surface area contributed by atoms with Gasteiger partial charge < -0.3 is 14.7 Å². The second-order valence-corrected chi connectivity index (χ2v) is 4.93. The molecule has 104 valence electrons. The quantitative estimate of drug-likeness (QED) is 0.586. The van der Waals surface area contributed by atoms with Crippen LogP contribution in [0.2, 0.25) is 0 Å². The molecule has 2 atom stereocenters. The highest BCUT2D eigenvalue weighted by Crippen LogP contribution is 2.24. The molecule has 2 unspecified atom stereocenters. The summed E-state index contributed by atoms with van der Waals surface area (Å²) in [5.41, 5.74) is 0. The zero-order valence-corrected chi connectivity index (χ0v) is 11.2. The summed E-state index contributed by atoms with van der Waals surface area (Å²) in [5, 5.41) is 9.02. The van der Waals surface area contributed by atoms with Crippen molar-refractivity contribution < 1.29 is 19.4 Å². The predicted molar refractivity (Wildman–Crippen MR) is 67.4 cm³/mol. The number of rotatable bonds is 6. The van der Waals surface area contributed by atoms with Crippen molar-refractivity contribution in [2.24, 2.45) is 5.92 Å². The Kier molecular flexibility index (Phi) is 5.95. The Balaban J connectivity index is 2.36. The Morgan fingerprint density at radius 1 is 1.50 bits per heavy atom. The molecule has 1 aliphatic heterocycles. The molecule has 1 fully saturated rings. The van der Waals surface area contributed by atoms with Gasteiger partial charge in [-0.25, -0.2) is 4.79 Å². The number of amides is 1. The van der Waals surface area contributed by atoms with E-state index in [0.717, 1.165) is 25.7 Å². The van der Waals surface area contributed by atoms with Crippen molar-refractivity contribution in [3.63, 3.8) is 0 Å². The molecule has 18 heavy (non-hydrogen) atoms. The molecular formula is C13H23NO4. The molecule has 1 heterocycles. The van der Waals surface area contributed by atoms with Crippen LogP contribution in [0.3, 0.4) is 0 Å². The van der Waals surface area contributed by atoms with Crippen LogP contribution in [0.4, 0.5) is 4.79 Å². The Labute approximate surface area is 108 Å². The van der Waals surface area contributed by atoms with E-state index < -0.39 is 6.09 Å². The molecule has 1 aliphatic rings. The van der Waals surface area contributed by atoms with Gasteiger partial charge in [-0.15, -0.1) is 0 Å². The normalized spacial score (nSPS) is 20.8. The summed E-state index contributed by atoms with van der Waals surface area (Å²) >= 11 is 0. The number of ether oxygens (including phenoxy) is 1. The largest absolute Gasteiger partial charge is 0.465 e. The molecule has 1 saturated heterocycles. The average Bonchev–Trinajstić information content (AvgIpc) is 2.77. The number of hydrogen-bond donors (Lipinski definition) is 1. The summed E-state index contributed by atoms with van der Waals surface area (Å²) in [5.74, 6) is -0.438. The lowest BCUT2D eigenvalue weighted by molar-refractivity contribution is -0.148. The maximum Gasteiger partial charge on any atom is 0.407 e. The molecule has 0 aliphatic carbocycles. The molecule has 0 bridgehead atoms. The SMILES string of the molecule is CCCCOC(=O)C(C)CC1CCCN1C(=O)O. The van der Waals surface area contributed by atoms with E-state index in [1.165, 1.54) is 4.90 Å². The standard InChI is InChI=1S/C13H23NO4/c1-3-4-8-18-12(15)10(2)9-11-6-5-7-14(11)13(16)17/h10-11H,3-9H2,1-2H3,(H,16,17). The van der Waals surface area contributed by atoms with Crippen LogP contribution in [0, 0.1) is 5.92 Å². The highest BCUT2D eigenvalue weighted by Gasteiger charge is 2.31. The Bertz CT molecular complexity index is 293. The lowest BCUT2D eigenvalue weighted by Gasteiger charge is -2.23. The van der Waals surface area contributed by atoms with Gasteiger partial charge in [-0.05, 0) is 25.7 Å². The molecular weight excluding hydrogens is 234 g/mol. The molecule has 0 saturated carbocycles. The van der Waals surface area contributed by atoms with Crippen LogP contribution in [-0.4, -0.2) is 41.3 Å². The highest BCUT2D eigenvalue weighted by molar-refractivity contribution is 5.72. The summed E-state index contributed by atoms with van der Waals surface area (Å²) in [6, 6.07) is -0.0313. The van der Waals surface area contributed by atoms with Crippen LogP contribution in [0.15, 0.2) is 0 Å². The lowest BCUT2D eigenvalue weighted by atomic mass is 10.0. The number of carbonyl (C=O) groups is 2. The first-order valence-corrected chi connectivity index (χ1v) is 6.72. The molecule has 0 radical (unpaired) electrons. The third-order valence-corrected chi connectivity index (χ3v) is 3.39. The Morgan fingerprint density at radius 2 is 2.22 bits per heavy atom. The second-order valence-electron chi connectivity index (χ2n) is 4.93. The number of esters is 1. The zero-order chi connectivity index (χ0) is 13.5. The molecule has 1 N–H and O–H groups in total. The minimum Gasteiger partial charge on any atom is -0.465 e. The summed E-state index contributed by atoms with van der Waals surface area (Å²) in [6.45, 7) is 4.90. The minimum atomic E-state index is -0.885. The van der Waals surface area contributed by atoms with Crippen LogP contribution in [-0.2, 0) is 9.53 Å². The van der Waals surface area contributed by atoms with Crippen molar-refractivity contribution in [3.05, 3.63) is 0 Å². The third-order valence-electron chi connectivity index (χ3n) is 3.39. The van der Waals surface area contributed by atoms with Crippen molar-refractivity contribution in [1.29, 1.82) is 0 Å². The molecule has 0 aromatic carbocycles. The first-order chi connectivity index (χ1) is 8.56. The Morgan fingerprint density at radius 3 is 2.83 bits per heavy atom. The van der Waals surface area contributed by atoms with Gasteiger partial charge in [-0.1, -0.05) is 20.3 Å². The van der Waals surface area contributed by atoms with Gasteiger partial charge >= 0.3 is 12.1 Å². The summed E-state index contributed by atoms with van der Waals surface area (Å²) in [4.78, 5) is 24.1. The fraction of sp³-hybridized carbons (Fsp3) is 0.846. The van der Waals surface area contributed by atoms with Gasteiger partial charge in [0.15, 0.2) is 0 Å². The van der Waals surface area contributed by atoms with Gasteiger partial charge in [-0.3, -0.25) is 4.79 Å². The van der Waals surface area contributed by atoms with Crippen LogP contribution >= 0.6 is 0 Å². The van der Waals surface area contributed by atoms with Crippen molar-refractivity contribution in [2.75, 3.05) is 13.2 Å². The molecule has 5 heteroatoms. The van der Waals surface area contributed by atoms with Crippen molar-refractivity contribution >= 4 is 12.1 Å². The van der Waals surface area contributed by atoms with Crippen molar-refractivity contribution in [3.8, 4) is 0 Å². The van der Waals surface area contributed by atoms with E-state index >= 15 is 0 Å². The van der Waals surface area contributed by atoms with E-state index in [-0.39, 0.29) is 17.9 Å². The molecule has 5 nitrogen and oxygen atoms in total.